The van der Waals surface area contributed by atoms with Crippen LogP contribution in [0.25, 0.3) is 0 Å². The lowest BCUT2D eigenvalue weighted by Gasteiger charge is -2.14. The van der Waals surface area contributed by atoms with E-state index < -0.39 is 12.2 Å². The summed E-state index contributed by atoms with van der Waals surface area (Å²) in [4.78, 5) is 14.0. The van der Waals surface area contributed by atoms with E-state index in [0.29, 0.717) is 13.1 Å². The molecular weight excluding hydrogens is 242 g/mol. The fourth-order valence-corrected chi connectivity index (χ4v) is 3.02. The summed E-state index contributed by atoms with van der Waals surface area (Å²) in [6, 6.07) is 5.96. The van der Waals surface area contributed by atoms with Crippen molar-refractivity contribution in [1.82, 2.24) is 4.90 Å². The highest BCUT2D eigenvalue weighted by molar-refractivity contribution is 5.97. The molecular formula is C15H19NO3. The number of benzene rings is 1. The molecule has 4 heteroatoms. The number of nitrogens with zero attached hydrogens (tertiary/aromatic N) is 1. The van der Waals surface area contributed by atoms with E-state index in [1.54, 1.807) is 0 Å². The monoisotopic (exact) mass is 261 g/mol. The number of Topliss-reactive ketones (excluding diaryl/α,β-unsaturated/α-hetero) is 1. The van der Waals surface area contributed by atoms with E-state index in [9.17, 15) is 15.0 Å². The molecule has 1 saturated heterocycles. The lowest BCUT2D eigenvalue weighted by molar-refractivity contribution is 0.0572. The van der Waals surface area contributed by atoms with Crippen LogP contribution in [0.15, 0.2) is 18.2 Å². The standard InChI is InChI=1S/C15H19NO3/c17-13(7-16-8-14(18)15(19)9-16)12-5-4-10-2-1-3-11(10)6-12/h4-6,14-15,18-19H,1-3,7-9H2. The van der Waals surface area contributed by atoms with Crippen molar-refractivity contribution >= 4 is 5.78 Å². The Bertz CT molecular complexity index is 490. The van der Waals surface area contributed by atoms with Crippen molar-refractivity contribution in [2.45, 2.75) is 31.5 Å². The minimum Gasteiger partial charge on any atom is -0.389 e. The van der Waals surface area contributed by atoms with Crippen molar-refractivity contribution in [2.75, 3.05) is 19.6 Å². The van der Waals surface area contributed by atoms with E-state index in [1.165, 1.54) is 17.5 Å². The number of hydrogen-bond donors (Lipinski definition) is 2. The molecule has 2 atom stereocenters. The summed E-state index contributed by atoms with van der Waals surface area (Å²) < 4.78 is 0. The minimum atomic E-state index is -0.729. The third kappa shape index (κ3) is 2.56. The van der Waals surface area contributed by atoms with Crippen LogP contribution in [0.1, 0.15) is 27.9 Å². The van der Waals surface area contributed by atoms with Gasteiger partial charge < -0.3 is 10.2 Å². The van der Waals surface area contributed by atoms with Crippen LogP contribution in [-0.2, 0) is 12.8 Å². The fourth-order valence-electron chi connectivity index (χ4n) is 3.02. The van der Waals surface area contributed by atoms with Crippen LogP contribution in [-0.4, -0.2) is 52.7 Å². The molecule has 1 aliphatic carbocycles. The van der Waals surface area contributed by atoms with E-state index in [1.807, 2.05) is 17.0 Å². The molecule has 1 aromatic rings. The van der Waals surface area contributed by atoms with E-state index in [2.05, 4.69) is 6.07 Å². The highest BCUT2D eigenvalue weighted by atomic mass is 16.3. The number of hydrogen-bond acceptors (Lipinski definition) is 4. The Morgan fingerprint density at radius 1 is 1.16 bits per heavy atom. The van der Waals surface area contributed by atoms with Gasteiger partial charge in [-0.15, -0.1) is 0 Å². The van der Waals surface area contributed by atoms with Crippen LogP contribution in [0.2, 0.25) is 0 Å². The smallest absolute Gasteiger partial charge is 0.176 e. The van der Waals surface area contributed by atoms with Crippen molar-refractivity contribution < 1.29 is 15.0 Å². The molecule has 0 spiro atoms. The van der Waals surface area contributed by atoms with Gasteiger partial charge in [0.15, 0.2) is 5.78 Å². The first-order valence-electron chi connectivity index (χ1n) is 6.87. The zero-order chi connectivity index (χ0) is 13.4. The summed E-state index contributed by atoms with van der Waals surface area (Å²) in [7, 11) is 0. The molecule has 0 aromatic heterocycles. The van der Waals surface area contributed by atoms with E-state index in [-0.39, 0.29) is 12.3 Å². The molecule has 0 bridgehead atoms. The lowest BCUT2D eigenvalue weighted by atomic mass is 10.0. The van der Waals surface area contributed by atoms with Crippen LogP contribution < -0.4 is 0 Å². The number of ketones is 1. The van der Waals surface area contributed by atoms with Crippen molar-refractivity contribution in [3.05, 3.63) is 34.9 Å². The molecule has 0 saturated carbocycles. The lowest BCUT2D eigenvalue weighted by Crippen LogP contribution is -2.29. The topological polar surface area (TPSA) is 60.8 Å². The molecule has 1 aliphatic heterocycles. The largest absolute Gasteiger partial charge is 0.389 e. The molecule has 4 nitrogen and oxygen atoms in total. The Morgan fingerprint density at radius 2 is 1.84 bits per heavy atom. The second-order valence-electron chi connectivity index (χ2n) is 5.59. The highest BCUT2D eigenvalue weighted by Gasteiger charge is 2.30. The van der Waals surface area contributed by atoms with Crippen LogP contribution >= 0.6 is 0 Å². The fraction of sp³-hybridized carbons (Fsp3) is 0.533. The molecule has 2 N–H and O–H groups in total. The van der Waals surface area contributed by atoms with Crippen LogP contribution in [0.4, 0.5) is 0 Å². The van der Waals surface area contributed by atoms with Gasteiger partial charge in [-0.25, -0.2) is 0 Å². The molecule has 0 amide bonds. The van der Waals surface area contributed by atoms with Gasteiger partial charge in [0.05, 0.1) is 18.8 Å². The highest BCUT2D eigenvalue weighted by Crippen LogP contribution is 2.23. The number of carbonyl (C=O) groups excluding carboxylic acids is 1. The van der Waals surface area contributed by atoms with Crippen LogP contribution in [0.5, 0.6) is 0 Å². The molecule has 3 rings (SSSR count). The summed E-state index contributed by atoms with van der Waals surface area (Å²) in [6.45, 7) is 1.02. The quantitative estimate of drug-likeness (QED) is 0.773. The first-order chi connectivity index (χ1) is 9.13. The minimum absolute atomic E-state index is 0.0657. The number of carbonyl (C=O) groups is 1. The number of rotatable bonds is 3. The summed E-state index contributed by atoms with van der Waals surface area (Å²) in [6.07, 6.45) is 1.91. The predicted molar refractivity (Wildman–Crippen MR) is 71.3 cm³/mol. The van der Waals surface area contributed by atoms with E-state index in [0.717, 1.165) is 18.4 Å². The number of β-amino-alcohol motifs (C(OH)–C–C–N with tert-alkyl or cyclic N) is 2. The zero-order valence-corrected chi connectivity index (χ0v) is 10.9. The van der Waals surface area contributed by atoms with Crippen molar-refractivity contribution in [1.29, 1.82) is 0 Å². The number of likely N-dealkylation sites (tertiary alicyclic amines) is 1. The predicted octanol–water partition coefficient (Wildman–Crippen LogP) is 0.395. The normalized spacial score (nSPS) is 26.6. The Labute approximate surface area is 112 Å². The zero-order valence-electron chi connectivity index (χ0n) is 10.9. The Balaban J connectivity index is 1.68. The molecule has 1 fully saturated rings. The van der Waals surface area contributed by atoms with Gasteiger partial charge in [0.25, 0.3) is 0 Å². The van der Waals surface area contributed by atoms with Gasteiger partial charge in [0.1, 0.15) is 0 Å². The van der Waals surface area contributed by atoms with Crippen molar-refractivity contribution in [2.24, 2.45) is 0 Å². The van der Waals surface area contributed by atoms with Gasteiger partial charge >= 0.3 is 0 Å². The summed E-state index contributed by atoms with van der Waals surface area (Å²) in [5.74, 6) is 0.0657. The maximum Gasteiger partial charge on any atom is 0.176 e. The van der Waals surface area contributed by atoms with Gasteiger partial charge in [-0.2, -0.15) is 0 Å². The number of aliphatic hydroxyl groups excluding tert-OH is 2. The first kappa shape index (κ1) is 12.8. The van der Waals surface area contributed by atoms with Crippen molar-refractivity contribution in [3.63, 3.8) is 0 Å². The van der Waals surface area contributed by atoms with Gasteiger partial charge in [-0.1, -0.05) is 12.1 Å². The molecule has 19 heavy (non-hydrogen) atoms. The average Bonchev–Trinajstić information content (AvgIpc) is 2.96. The second kappa shape index (κ2) is 5.04. The molecule has 0 radical (unpaired) electrons. The van der Waals surface area contributed by atoms with Gasteiger partial charge in [-0.05, 0) is 36.5 Å². The number of fused-ring (bicyclic) bond motifs is 1. The Morgan fingerprint density at radius 3 is 2.58 bits per heavy atom. The summed E-state index contributed by atoms with van der Waals surface area (Å²) in [5, 5.41) is 19.0. The molecule has 1 aromatic carbocycles. The molecule has 2 unspecified atom stereocenters. The Kier molecular flexibility index (Phi) is 3.39. The van der Waals surface area contributed by atoms with E-state index in [4.69, 9.17) is 0 Å². The molecule has 2 aliphatic rings. The third-order valence-corrected chi connectivity index (χ3v) is 4.12. The van der Waals surface area contributed by atoms with E-state index >= 15 is 0 Å². The van der Waals surface area contributed by atoms with Crippen LogP contribution in [0.3, 0.4) is 0 Å². The summed E-state index contributed by atoms with van der Waals surface area (Å²) in [5.41, 5.74) is 3.41. The SMILES string of the molecule is O=C(CN1CC(O)C(O)C1)c1ccc2c(c1)CCC2. The van der Waals surface area contributed by atoms with Gasteiger partial charge in [0.2, 0.25) is 0 Å². The molecule has 1 heterocycles. The first-order valence-corrected chi connectivity index (χ1v) is 6.87. The maximum atomic E-state index is 12.2. The van der Waals surface area contributed by atoms with Crippen LogP contribution in [0, 0.1) is 0 Å². The number of aliphatic hydroxyl groups is 2. The average molecular weight is 261 g/mol. The maximum absolute atomic E-state index is 12.2. The number of aryl methyl sites for hydroxylation is 2. The summed E-state index contributed by atoms with van der Waals surface area (Å²) >= 11 is 0. The molecule has 102 valence electrons. The van der Waals surface area contributed by atoms with Crippen molar-refractivity contribution in [3.8, 4) is 0 Å². The third-order valence-electron chi connectivity index (χ3n) is 4.12. The van der Waals surface area contributed by atoms with Gasteiger partial charge in [-0.3, -0.25) is 9.69 Å². The Hall–Kier alpha value is -1.23. The second-order valence-corrected chi connectivity index (χ2v) is 5.59. The van der Waals surface area contributed by atoms with Gasteiger partial charge in [0, 0.05) is 18.7 Å².